The summed E-state index contributed by atoms with van der Waals surface area (Å²) in [5.41, 5.74) is 5.62. The molecular formula is C12H22N4O. The van der Waals surface area contributed by atoms with Gasteiger partial charge >= 0.3 is 0 Å². The molecule has 0 amide bonds. The van der Waals surface area contributed by atoms with Crippen LogP contribution in [0.3, 0.4) is 0 Å². The minimum absolute atomic E-state index is 0.129. The van der Waals surface area contributed by atoms with Gasteiger partial charge < -0.3 is 16.2 Å². The first-order valence-electron chi connectivity index (χ1n) is 5.86. The molecule has 0 aliphatic carbocycles. The Morgan fingerprint density at radius 2 is 2.06 bits per heavy atom. The summed E-state index contributed by atoms with van der Waals surface area (Å²) in [4.78, 5) is 8.64. The van der Waals surface area contributed by atoms with E-state index in [1.54, 1.807) is 13.0 Å². The van der Waals surface area contributed by atoms with Gasteiger partial charge in [0.15, 0.2) is 0 Å². The number of nitrogen functional groups attached to an aromatic ring is 1. The summed E-state index contributed by atoms with van der Waals surface area (Å²) in [6.07, 6.45) is 0.359. The van der Waals surface area contributed by atoms with Crippen molar-refractivity contribution in [3.8, 4) is 0 Å². The van der Waals surface area contributed by atoms with Gasteiger partial charge in [0.2, 0.25) is 0 Å². The predicted octanol–water partition coefficient (Wildman–Crippen LogP) is 1.54. The number of anilines is 2. The minimum Gasteiger partial charge on any atom is -0.393 e. The lowest BCUT2D eigenvalue weighted by Gasteiger charge is -2.18. The van der Waals surface area contributed by atoms with Crippen molar-refractivity contribution in [2.24, 2.45) is 0 Å². The van der Waals surface area contributed by atoms with Gasteiger partial charge in [0, 0.05) is 18.0 Å². The molecule has 96 valence electrons. The first-order valence-corrected chi connectivity index (χ1v) is 5.86. The molecule has 0 bridgehead atoms. The Bertz CT molecular complexity index is 371. The molecule has 0 saturated carbocycles. The molecule has 0 saturated heterocycles. The summed E-state index contributed by atoms with van der Waals surface area (Å²) in [7, 11) is 0. The quantitative estimate of drug-likeness (QED) is 0.741. The van der Waals surface area contributed by atoms with E-state index in [2.05, 4.69) is 15.3 Å². The van der Waals surface area contributed by atoms with Crippen LogP contribution in [-0.4, -0.2) is 27.7 Å². The lowest BCUT2D eigenvalue weighted by atomic mass is 9.96. The number of nitrogens with one attached hydrogen (secondary N) is 1. The smallest absolute Gasteiger partial charge is 0.138 e. The van der Waals surface area contributed by atoms with Crippen LogP contribution in [0.15, 0.2) is 6.07 Å². The van der Waals surface area contributed by atoms with Crippen molar-refractivity contribution in [1.82, 2.24) is 9.97 Å². The lowest BCUT2D eigenvalue weighted by Crippen LogP contribution is -2.19. The number of hydrogen-bond donors (Lipinski definition) is 3. The highest BCUT2D eigenvalue weighted by molar-refractivity contribution is 5.45. The van der Waals surface area contributed by atoms with Gasteiger partial charge in [0.05, 0.1) is 6.10 Å². The molecule has 4 N–H and O–H groups in total. The molecule has 5 nitrogen and oxygen atoms in total. The SMILES string of the molecule is CC(O)CCNc1cc(N)nc(C(C)(C)C)n1. The largest absolute Gasteiger partial charge is 0.393 e. The molecule has 1 aromatic rings. The van der Waals surface area contributed by atoms with Crippen LogP contribution >= 0.6 is 0 Å². The summed E-state index contributed by atoms with van der Waals surface area (Å²) in [5.74, 6) is 1.89. The topological polar surface area (TPSA) is 84.1 Å². The standard InChI is InChI=1S/C12H22N4O/c1-8(17)5-6-14-10-7-9(13)15-11(16-10)12(2,3)4/h7-8,17H,5-6H2,1-4H3,(H3,13,14,15,16). The van der Waals surface area contributed by atoms with Gasteiger partial charge in [-0.1, -0.05) is 20.8 Å². The number of aromatic nitrogens is 2. The van der Waals surface area contributed by atoms with Crippen LogP contribution in [0.1, 0.15) is 39.9 Å². The molecule has 1 unspecified atom stereocenters. The molecule has 0 spiro atoms. The monoisotopic (exact) mass is 238 g/mol. The van der Waals surface area contributed by atoms with Crippen LogP contribution in [0.4, 0.5) is 11.6 Å². The zero-order valence-corrected chi connectivity index (χ0v) is 11.0. The molecule has 17 heavy (non-hydrogen) atoms. The Hall–Kier alpha value is -1.36. The second kappa shape index (κ2) is 5.31. The Labute approximate surface area is 102 Å². The molecule has 5 heteroatoms. The van der Waals surface area contributed by atoms with Crippen LogP contribution < -0.4 is 11.1 Å². The Morgan fingerprint density at radius 3 is 2.59 bits per heavy atom. The van der Waals surface area contributed by atoms with E-state index < -0.39 is 0 Å². The normalized spacial score (nSPS) is 13.5. The van der Waals surface area contributed by atoms with E-state index in [0.717, 1.165) is 5.82 Å². The van der Waals surface area contributed by atoms with Crippen molar-refractivity contribution in [3.63, 3.8) is 0 Å². The molecular weight excluding hydrogens is 216 g/mol. The second-order valence-corrected chi connectivity index (χ2v) is 5.32. The number of aliphatic hydroxyl groups excluding tert-OH is 1. The van der Waals surface area contributed by atoms with Gasteiger partial charge in [-0.05, 0) is 13.3 Å². The summed E-state index contributed by atoms with van der Waals surface area (Å²) in [5, 5.41) is 12.3. The van der Waals surface area contributed by atoms with E-state index in [1.807, 2.05) is 20.8 Å². The van der Waals surface area contributed by atoms with Gasteiger partial charge in [-0.25, -0.2) is 9.97 Å². The molecule has 1 heterocycles. The van der Waals surface area contributed by atoms with Crippen molar-refractivity contribution in [3.05, 3.63) is 11.9 Å². The van der Waals surface area contributed by atoms with Gasteiger partial charge in [-0.3, -0.25) is 0 Å². The fourth-order valence-electron chi connectivity index (χ4n) is 1.30. The van der Waals surface area contributed by atoms with E-state index in [0.29, 0.717) is 24.6 Å². The van der Waals surface area contributed by atoms with Crippen molar-refractivity contribution >= 4 is 11.6 Å². The summed E-state index contributed by atoms with van der Waals surface area (Å²) < 4.78 is 0. The third kappa shape index (κ3) is 4.56. The fraction of sp³-hybridized carbons (Fsp3) is 0.667. The van der Waals surface area contributed by atoms with E-state index in [4.69, 9.17) is 5.73 Å². The van der Waals surface area contributed by atoms with Crippen molar-refractivity contribution in [2.75, 3.05) is 17.6 Å². The third-order valence-corrected chi connectivity index (χ3v) is 2.29. The maximum atomic E-state index is 9.17. The number of rotatable bonds is 4. The molecule has 1 aromatic heterocycles. The number of nitrogens with zero attached hydrogens (tertiary/aromatic N) is 2. The maximum Gasteiger partial charge on any atom is 0.138 e. The first kappa shape index (κ1) is 13.7. The van der Waals surface area contributed by atoms with Gasteiger partial charge in [0.1, 0.15) is 17.5 Å². The van der Waals surface area contributed by atoms with Crippen LogP contribution in [0, 0.1) is 0 Å². The van der Waals surface area contributed by atoms with Crippen LogP contribution in [-0.2, 0) is 5.41 Å². The van der Waals surface area contributed by atoms with E-state index in [9.17, 15) is 5.11 Å². The van der Waals surface area contributed by atoms with Crippen molar-refractivity contribution in [2.45, 2.75) is 45.6 Å². The van der Waals surface area contributed by atoms with Crippen molar-refractivity contribution in [1.29, 1.82) is 0 Å². The number of aliphatic hydroxyl groups is 1. The Morgan fingerprint density at radius 1 is 1.41 bits per heavy atom. The highest BCUT2D eigenvalue weighted by Crippen LogP contribution is 2.21. The lowest BCUT2D eigenvalue weighted by molar-refractivity contribution is 0.188. The first-order chi connectivity index (χ1) is 7.79. The fourth-order valence-corrected chi connectivity index (χ4v) is 1.30. The van der Waals surface area contributed by atoms with Gasteiger partial charge in [-0.15, -0.1) is 0 Å². The second-order valence-electron chi connectivity index (χ2n) is 5.32. The molecule has 0 radical (unpaired) electrons. The molecule has 0 aromatic carbocycles. The number of nitrogens with two attached hydrogens (primary N) is 1. The number of hydrogen-bond acceptors (Lipinski definition) is 5. The minimum atomic E-state index is -0.316. The average molecular weight is 238 g/mol. The highest BCUT2D eigenvalue weighted by atomic mass is 16.3. The van der Waals surface area contributed by atoms with Crippen LogP contribution in [0.25, 0.3) is 0 Å². The molecule has 0 aliphatic heterocycles. The highest BCUT2D eigenvalue weighted by Gasteiger charge is 2.18. The van der Waals surface area contributed by atoms with Crippen LogP contribution in [0.5, 0.6) is 0 Å². The van der Waals surface area contributed by atoms with Gasteiger partial charge in [-0.2, -0.15) is 0 Å². The van der Waals surface area contributed by atoms with Crippen LogP contribution in [0.2, 0.25) is 0 Å². The maximum absolute atomic E-state index is 9.17. The van der Waals surface area contributed by atoms with Crippen molar-refractivity contribution < 1.29 is 5.11 Å². The Kier molecular flexibility index (Phi) is 4.28. The predicted molar refractivity (Wildman–Crippen MR) is 69.9 cm³/mol. The molecule has 1 atom stereocenters. The summed E-state index contributed by atoms with van der Waals surface area (Å²) >= 11 is 0. The summed E-state index contributed by atoms with van der Waals surface area (Å²) in [6, 6.07) is 1.71. The zero-order valence-electron chi connectivity index (χ0n) is 11.0. The van der Waals surface area contributed by atoms with E-state index in [-0.39, 0.29) is 11.5 Å². The average Bonchev–Trinajstić information content (AvgIpc) is 2.14. The zero-order chi connectivity index (χ0) is 13.1. The van der Waals surface area contributed by atoms with E-state index >= 15 is 0 Å². The molecule has 1 rings (SSSR count). The Balaban J connectivity index is 2.76. The van der Waals surface area contributed by atoms with E-state index in [1.165, 1.54) is 0 Å². The van der Waals surface area contributed by atoms with Gasteiger partial charge in [0.25, 0.3) is 0 Å². The molecule has 0 fully saturated rings. The molecule has 0 aliphatic rings. The third-order valence-electron chi connectivity index (χ3n) is 2.29. The summed E-state index contributed by atoms with van der Waals surface area (Å²) in [6.45, 7) is 8.55.